The Morgan fingerprint density at radius 3 is 2.75 bits per heavy atom. The number of halogens is 1. The van der Waals surface area contributed by atoms with Gasteiger partial charge in [-0.15, -0.1) is 0 Å². The van der Waals surface area contributed by atoms with Crippen molar-refractivity contribution in [3.63, 3.8) is 0 Å². The lowest BCUT2D eigenvalue weighted by molar-refractivity contribution is 0.782. The van der Waals surface area contributed by atoms with Crippen molar-refractivity contribution >= 4 is 45.7 Å². The summed E-state index contributed by atoms with van der Waals surface area (Å²) in [4.78, 5) is 0. The molecule has 0 amide bonds. The molecule has 0 aliphatic carbocycles. The lowest BCUT2D eigenvalue weighted by Gasteiger charge is -2.06. The summed E-state index contributed by atoms with van der Waals surface area (Å²) in [5.74, 6) is 0.962. The first-order valence-corrected chi connectivity index (χ1v) is 8.07. The Bertz CT molecular complexity index is 648. The van der Waals surface area contributed by atoms with Crippen molar-refractivity contribution < 1.29 is 0 Å². The standard InChI is InChI=1S/C14H15IN4S/c15-10-6-4-9(5-7-10)12-11-3-1-2-8-17-13(11)19(18-12)14(16)20/h4-7,17H,1-3,8H2,(H2,16,20). The van der Waals surface area contributed by atoms with Gasteiger partial charge < -0.3 is 11.1 Å². The first-order valence-electron chi connectivity index (χ1n) is 6.58. The average Bonchev–Trinajstić information content (AvgIpc) is 2.63. The van der Waals surface area contributed by atoms with Crippen LogP contribution < -0.4 is 11.1 Å². The molecule has 0 fully saturated rings. The fourth-order valence-electron chi connectivity index (χ4n) is 2.50. The number of aromatic nitrogens is 2. The smallest absolute Gasteiger partial charge is 0.193 e. The lowest BCUT2D eigenvalue weighted by Crippen LogP contribution is -2.22. The van der Waals surface area contributed by atoms with Gasteiger partial charge in [0.05, 0.1) is 5.69 Å². The molecule has 0 spiro atoms. The molecule has 1 aromatic carbocycles. The number of hydrogen-bond acceptors (Lipinski definition) is 3. The van der Waals surface area contributed by atoms with Gasteiger partial charge in [-0.05, 0) is 66.2 Å². The van der Waals surface area contributed by atoms with Crippen LogP contribution in [0.15, 0.2) is 24.3 Å². The van der Waals surface area contributed by atoms with Crippen LogP contribution in [0, 0.1) is 3.57 Å². The van der Waals surface area contributed by atoms with E-state index in [1.165, 1.54) is 9.13 Å². The van der Waals surface area contributed by atoms with E-state index in [-0.39, 0.29) is 5.11 Å². The molecule has 3 N–H and O–H groups in total. The Hall–Kier alpha value is -1.15. The summed E-state index contributed by atoms with van der Waals surface area (Å²) < 4.78 is 2.87. The molecule has 2 aromatic rings. The van der Waals surface area contributed by atoms with Crippen LogP contribution in [0.1, 0.15) is 18.4 Å². The van der Waals surface area contributed by atoms with Crippen LogP contribution >= 0.6 is 34.8 Å². The number of benzene rings is 1. The highest BCUT2D eigenvalue weighted by molar-refractivity contribution is 14.1. The normalized spacial score (nSPS) is 14.2. The molecule has 1 aliphatic rings. The molecule has 0 saturated carbocycles. The molecule has 20 heavy (non-hydrogen) atoms. The quantitative estimate of drug-likeness (QED) is 0.573. The first kappa shape index (κ1) is 13.8. The van der Waals surface area contributed by atoms with Gasteiger partial charge in [-0.1, -0.05) is 12.1 Å². The van der Waals surface area contributed by atoms with Gasteiger partial charge in [0.25, 0.3) is 0 Å². The Labute approximate surface area is 136 Å². The third-order valence-corrected chi connectivity index (χ3v) is 4.35. The van der Waals surface area contributed by atoms with E-state index in [1.807, 2.05) is 0 Å². The summed E-state index contributed by atoms with van der Waals surface area (Å²) in [5, 5.41) is 8.31. The molecule has 0 saturated heterocycles. The molecule has 6 heteroatoms. The molecule has 0 atom stereocenters. The molecular weight excluding hydrogens is 383 g/mol. The second-order valence-corrected chi connectivity index (χ2v) is 6.48. The van der Waals surface area contributed by atoms with Crippen molar-refractivity contribution in [1.82, 2.24) is 9.78 Å². The number of nitrogens with two attached hydrogens (primary N) is 1. The second kappa shape index (κ2) is 5.69. The molecule has 1 aromatic heterocycles. The fraction of sp³-hybridized carbons (Fsp3) is 0.286. The topological polar surface area (TPSA) is 55.9 Å². The summed E-state index contributed by atoms with van der Waals surface area (Å²) in [7, 11) is 0. The molecule has 2 heterocycles. The van der Waals surface area contributed by atoms with E-state index in [0.29, 0.717) is 0 Å². The predicted molar refractivity (Wildman–Crippen MR) is 94.0 cm³/mol. The van der Waals surface area contributed by atoms with Gasteiger partial charge in [0, 0.05) is 21.2 Å². The number of nitrogens with zero attached hydrogens (tertiary/aromatic N) is 2. The van der Waals surface area contributed by atoms with Gasteiger partial charge in [-0.2, -0.15) is 9.78 Å². The van der Waals surface area contributed by atoms with Crippen molar-refractivity contribution in [3.8, 4) is 11.3 Å². The minimum atomic E-state index is 0.285. The average molecular weight is 398 g/mol. The van der Waals surface area contributed by atoms with Gasteiger partial charge in [0.1, 0.15) is 5.82 Å². The highest BCUT2D eigenvalue weighted by atomic mass is 127. The lowest BCUT2D eigenvalue weighted by atomic mass is 10.0. The van der Waals surface area contributed by atoms with Gasteiger partial charge in [0.15, 0.2) is 5.11 Å². The van der Waals surface area contributed by atoms with Crippen molar-refractivity contribution in [2.24, 2.45) is 5.73 Å². The number of anilines is 1. The van der Waals surface area contributed by atoms with E-state index < -0.39 is 0 Å². The van der Waals surface area contributed by atoms with Crippen LogP contribution in [0.3, 0.4) is 0 Å². The highest BCUT2D eigenvalue weighted by Crippen LogP contribution is 2.32. The largest absolute Gasteiger partial charge is 0.374 e. The maximum absolute atomic E-state index is 5.80. The Morgan fingerprint density at radius 2 is 2.05 bits per heavy atom. The number of nitrogens with one attached hydrogen (secondary N) is 1. The third kappa shape index (κ3) is 2.54. The maximum Gasteiger partial charge on any atom is 0.193 e. The van der Waals surface area contributed by atoms with Gasteiger partial charge in [-0.25, -0.2) is 0 Å². The zero-order valence-electron chi connectivity index (χ0n) is 10.9. The van der Waals surface area contributed by atoms with Crippen molar-refractivity contribution in [1.29, 1.82) is 0 Å². The highest BCUT2D eigenvalue weighted by Gasteiger charge is 2.21. The van der Waals surface area contributed by atoms with E-state index in [4.69, 9.17) is 18.0 Å². The van der Waals surface area contributed by atoms with Crippen LogP contribution in [-0.4, -0.2) is 21.4 Å². The molecule has 0 unspecified atom stereocenters. The minimum Gasteiger partial charge on any atom is -0.374 e. The molecule has 0 radical (unpaired) electrons. The van der Waals surface area contributed by atoms with Crippen molar-refractivity contribution in [3.05, 3.63) is 33.4 Å². The van der Waals surface area contributed by atoms with E-state index in [9.17, 15) is 0 Å². The summed E-state index contributed by atoms with van der Waals surface area (Å²) in [6, 6.07) is 8.37. The molecule has 104 valence electrons. The Balaban J connectivity index is 2.15. The predicted octanol–water partition coefficient (Wildman–Crippen LogP) is 2.99. The molecular formula is C14H15IN4S. The van der Waals surface area contributed by atoms with Crippen molar-refractivity contribution in [2.45, 2.75) is 19.3 Å². The Kier molecular flexibility index (Phi) is 3.93. The van der Waals surface area contributed by atoms with E-state index in [2.05, 4.69) is 57.3 Å². The van der Waals surface area contributed by atoms with Gasteiger partial charge in [0.2, 0.25) is 0 Å². The molecule has 1 aliphatic heterocycles. The van der Waals surface area contributed by atoms with Gasteiger partial charge in [-0.3, -0.25) is 0 Å². The summed E-state index contributed by atoms with van der Waals surface area (Å²) >= 11 is 7.42. The van der Waals surface area contributed by atoms with Crippen molar-refractivity contribution in [2.75, 3.05) is 11.9 Å². The molecule has 0 bridgehead atoms. The van der Waals surface area contributed by atoms with E-state index in [0.717, 1.165) is 42.9 Å². The van der Waals surface area contributed by atoms with Crippen LogP contribution in [0.2, 0.25) is 0 Å². The zero-order valence-corrected chi connectivity index (χ0v) is 13.9. The maximum atomic E-state index is 5.80. The number of fused-ring (bicyclic) bond motifs is 1. The van der Waals surface area contributed by atoms with Crippen LogP contribution in [0.5, 0.6) is 0 Å². The molecule has 3 rings (SSSR count). The van der Waals surface area contributed by atoms with Crippen LogP contribution in [0.4, 0.5) is 5.82 Å². The number of hydrogen-bond donors (Lipinski definition) is 2. The summed E-state index contributed by atoms with van der Waals surface area (Å²) in [5.41, 5.74) is 9.11. The Morgan fingerprint density at radius 1 is 1.30 bits per heavy atom. The van der Waals surface area contributed by atoms with E-state index in [1.54, 1.807) is 4.68 Å². The zero-order chi connectivity index (χ0) is 14.1. The minimum absolute atomic E-state index is 0.285. The van der Waals surface area contributed by atoms with Crippen LogP contribution in [-0.2, 0) is 6.42 Å². The SMILES string of the molecule is NC(=S)n1nc(-c2ccc(I)cc2)c2c1NCCCC2. The second-order valence-electron chi connectivity index (χ2n) is 4.82. The first-order chi connectivity index (χ1) is 9.66. The van der Waals surface area contributed by atoms with Gasteiger partial charge >= 0.3 is 0 Å². The monoisotopic (exact) mass is 398 g/mol. The third-order valence-electron chi connectivity index (χ3n) is 3.46. The molecule has 4 nitrogen and oxygen atoms in total. The number of thiocarbonyl (C=S) groups is 1. The summed E-state index contributed by atoms with van der Waals surface area (Å²) in [6.45, 7) is 0.938. The number of rotatable bonds is 1. The fourth-order valence-corrected chi connectivity index (χ4v) is 2.99. The van der Waals surface area contributed by atoms with E-state index >= 15 is 0 Å². The summed E-state index contributed by atoms with van der Waals surface area (Å²) in [6.07, 6.45) is 3.31. The van der Waals surface area contributed by atoms with Crippen LogP contribution in [0.25, 0.3) is 11.3 Å².